The van der Waals surface area contributed by atoms with Crippen molar-refractivity contribution in [3.8, 4) is 0 Å². The summed E-state index contributed by atoms with van der Waals surface area (Å²) in [7, 11) is 0. The lowest BCUT2D eigenvalue weighted by Gasteiger charge is -2.24. The van der Waals surface area contributed by atoms with Crippen LogP contribution in [-0.4, -0.2) is 35.7 Å². The highest BCUT2D eigenvalue weighted by Crippen LogP contribution is 2.35. The van der Waals surface area contributed by atoms with Crippen LogP contribution in [0.25, 0.3) is 5.52 Å². The molecule has 1 N–H and O–H groups in total. The Kier molecular flexibility index (Phi) is 4.55. The maximum Gasteiger partial charge on any atom is 0.246 e. The van der Waals surface area contributed by atoms with Gasteiger partial charge in [-0.1, -0.05) is 18.9 Å². The molecule has 1 aliphatic carbocycles. The number of hydrogen-bond donors (Lipinski definition) is 1. The molecule has 4 aromatic heterocycles. The fourth-order valence-electron chi connectivity index (χ4n) is 4.95. The van der Waals surface area contributed by atoms with E-state index in [1.807, 2.05) is 47.5 Å². The minimum Gasteiger partial charge on any atom is -0.332 e. The first-order valence-corrected chi connectivity index (χ1v) is 11.2. The zero-order valence-corrected chi connectivity index (χ0v) is 17.4. The molecule has 1 atom stereocenters. The van der Waals surface area contributed by atoms with Crippen molar-refractivity contribution in [2.24, 2.45) is 0 Å². The highest BCUT2D eigenvalue weighted by molar-refractivity contribution is 5.73. The van der Waals surface area contributed by atoms with Crippen molar-refractivity contribution in [1.29, 1.82) is 0 Å². The monoisotopic (exact) mass is 414 g/mol. The number of hydrogen-bond acceptors (Lipinski definition) is 6. The lowest BCUT2D eigenvalue weighted by molar-refractivity contribution is 0.518. The highest BCUT2D eigenvalue weighted by atomic mass is 15.4. The van der Waals surface area contributed by atoms with Crippen LogP contribution in [0.1, 0.15) is 56.3 Å². The van der Waals surface area contributed by atoms with Crippen LogP contribution in [-0.2, 0) is 0 Å². The van der Waals surface area contributed by atoms with E-state index in [4.69, 9.17) is 10.1 Å². The maximum atomic E-state index is 4.94. The summed E-state index contributed by atoms with van der Waals surface area (Å²) in [5.74, 6) is 2.32. The molecule has 5 heterocycles. The van der Waals surface area contributed by atoms with Gasteiger partial charge in [0.05, 0.1) is 18.1 Å². The third kappa shape index (κ3) is 3.41. The Hall–Kier alpha value is -3.42. The number of nitrogens with zero attached hydrogens (tertiary/aromatic N) is 7. The van der Waals surface area contributed by atoms with Crippen LogP contribution in [0, 0.1) is 0 Å². The van der Waals surface area contributed by atoms with Crippen molar-refractivity contribution >= 4 is 23.1 Å². The first kappa shape index (κ1) is 18.4. The zero-order chi connectivity index (χ0) is 20.6. The van der Waals surface area contributed by atoms with E-state index in [-0.39, 0.29) is 6.04 Å². The fraction of sp³-hybridized carbons (Fsp3) is 0.391. The molecule has 0 amide bonds. The molecule has 2 aliphatic rings. The van der Waals surface area contributed by atoms with E-state index in [1.165, 1.54) is 25.7 Å². The van der Waals surface area contributed by atoms with Crippen molar-refractivity contribution in [2.45, 2.75) is 50.6 Å². The van der Waals surface area contributed by atoms with Gasteiger partial charge in [0.25, 0.3) is 0 Å². The minimum absolute atomic E-state index is 0.198. The summed E-state index contributed by atoms with van der Waals surface area (Å²) < 4.78 is 4.14. The second-order valence-electron chi connectivity index (χ2n) is 8.47. The molecule has 1 unspecified atom stereocenters. The number of nitrogens with one attached hydrogen (secondary N) is 1. The van der Waals surface area contributed by atoms with Gasteiger partial charge < -0.3 is 14.8 Å². The summed E-state index contributed by atoms with van der Waals surface area (Å²) in [5, 5.41) is 8.25. The number of fused-ring (bicyclic) bond motifs is 1. The first-order valence-electron chi connectivity index (χ1n) is 11.2. The van der Waals surface area contributed by atoms with Crippen molar-refractivity contribution in [1.82, 2.24) is 29.1 Å². The van der Waals surface area contributed by atoms with E-state index in [0.717, 1.165) is 48.2 Å². The van der Waals surface area contributed by atoms with E-state index in [2.05, 4.69) is 37.0 Å². The molecule has 158 valence electrons. The van der Waals surface area contributed by atoms with Crippen LogP contribution in [0.4, 0.5) is 17.6 Å². The van der Waals surface area contributed by atoms with Crippen LogP contribution in [0.5, 0.6) is 0 Å². The smallest absolute Gasteiger partial charge is 0.246 e. The van der Waals surface area contributed by atoms with Crippen molar-refractivity contribution in [3.05, 3.63) is 60.9 Å². The molecule has 1 saturated carbocycles. The van der Waals surface area contributed by atoms with E-state index in [0.29, 0.717) is 6.04 Å². The van der Waals surface area contributed by atoms with Gasteiger partial charge in [0.1, 0.15) is 11.3 Å². The predicted octanol–water partition coefficient (Wildman–Crippen LogP) is 4.52. The number of pyridine rings is 1. The minimum atomic E-state index is 0.198. The van der Waals surface area contributed by atoms with E-state index in [9.17, 15) is 0 Å². The third-order valence-electron chi connectivity index (χ3n) is 6.51. The molecule has 8 heteroatoms. The first-order chi connectivity index (χ1) is 15.3. The molecule has 6 rings (SSSR count). The number of rotatable bonds is 5. The van der Waals surface area contributed by atoms with Crippen LogP contribution < -0.4 is 10.2 Å². The largest absolute Gasteiger partial charge is 0.332 e. The van der Waals surface area contributed by atoms with Crippen molar-refractivity contribution < 1.29 is 0 Å². The second-order valence-corrected chi connectivity index (χ2v) is 8.47. The lowest BCUT2D eigenvalue weighted by Crippen LogP contribution is -2.26. The summed E-state index contributed by atoms with van der Waals surface area (Å²) in [6, 6.07) is 10.9. The number of aromatic nitrogens is 6. The number of anilines is 3. The topological polar surface area (TPSA) is 76.2 Å². The van der Waals surface area contributed by atoms with Gasteiger partial charge in [0, 0.05) is 31.2 Å². The van der Waals surface area contributed by atoms with Gasteiger partial charge in [-0.05, 0) is 49.9 Å². The Morgan fingerprint density at radius 3 is 2.77 bits per heavy atom. The van der Waals surface area contributed by atoms with Crippen LogP contribution in [0.2, 0.25) is 0 Å². The lowest BCUT2D eigenvalue weighted by atomic mass is 10.1. The van der Waals surface area contributed by atoms with Crippen molar-refractivity contribution in [3.63, 3.8) is 0 Å². The van der Waals surface area contributed by atoms with Gasteiger partial charge in [-0.25, -0.2) is 9.50 Å². The van der Waals surface area contributed by atoms with Gasteiger partial charge in [-0.3, -0.25) is 4.98 Å². The molecule has 1 aliphatic heterocycles. The summed E-state index contributed by atoms with van der Waals surface area (Å²) in [6.07, 6.45) is 15.1. The van der Waals surface area contributed by atoms with Gasteiger partial charge in [-0.15, -0.1) is 5.10 Å². The predicted molar refractivity (Wildman–Crippen MR) is 120 cm³/mol. The maximum absolute atomic E-state index is 4.94. The molecule has 0 aromatic carbocycles. The zero-order valence-electron chi connectivity index (χ0n) is 17.4. The molecular weight excluding hydrogens is 388 g/mol. The number of imidazole rings is 1. The van der Waals surface area contributed by atoms with Crippen LogP contribution in [0.3, 0.4) is 0 Å². The average Bonchev–Trinajstić information content (AvgIpc) is 3.61. The normalized spacial score (nSPS) is 19.5. The van der Waals surface area contributed by atoms with Crippen molar-refractivity contribution in [2.75, 3.05) is 16.8 Å². The Bertz CT molecular complexity index is 1170. The second kappa shape index (κ2) is 7.68. The molecule has 2 fully saturated rings. The Morgan fingerprint density at radius 1 is 0.968 bits per heavy atom. The molecule has 0 radical (unpaired) electrons. The molecule has 31 heavy (non-hydrogen) atoms. The standard InChI is InChI=1S/C23H26N8/c1-2-8-17(7-1)29-15-21(25-16-29)26-22-20-11-6-14-31(20)28-23(27-22)30-13-5-10-19(30)18-9-3-4-12-24-18/h3-4,6,9,11-12,14-17,19H,1-2,5,7-8,10,13H2,(H,26,27,28). The summed E-state index contributed by atoms with van der Waals surface area (Å²) >= 11 is 0. The fourth-order valence-corrected chi connectivity index (χ4v) is 4.95. The summed E-state index contributed by atoms with van der Waals surface area (Å²) in [6.45, 7) is 0.920. The van der Waals surface area contributed by atoms with Gasteiger partial charge in [0.15, 0.2) is 5.82 Å². The average molecular weight is 415 g/mol. The molecule has 0 bridgehead atoms. The molecule has 4 aromatic rings. The van der Waals surface area contributed by atoms with Gasteiger partial charge in [0.2, 0.25) is 5.95 Å². The Morgan fingerprint density at radius 2 is 1.90 bits per heavy atom. The quantitative estimate of drug-likeness (QED) is 0.517. The van der Waals surface area contributed by atoms with Crippen LogP contribution in [0.15, 0.2) is 55.2 Å². The molecule has 8 nitrogen and oxygen atoms in total. The van der Waals surface area contributed by atoms with E-state index < -0.39 is 0 Å². The highest BCUT2D eigenvalue weighted by Gasteiger charge is 2.30. The van der Waals surface area contributed by atoms with E-state index in [1.54, 1.807) is 0 Å². The summed E-state index contributed by atoms with van der Waals surface area (Å²) in [4.78, 5) is 16.4. The molecule has 1 saturated heterocycles. The molecule has 0 spiro atoms. The molecular formula is C23H26N8. The SMILES string of the molecule is c1ccc(C2CCCN2c2nc(Nc3cn(C4CCCC4)cn3)c3cccn3n2)nc1. The van der Waals surface area contributed by atoms with Crippen LogP contribution >= 0.6 is 0 Å². The summed E-state index contributed by atoms with van der Waals surface area (Å²) in [5.41, 5.74) is 2.01. The van der Waals surface area contributed by atoms with Gasteiger partial charge >= 0.3 is 0 Å². The Balaban J connectivity index is 1.33. The third-order valence-corrected chi connectivity index (χ3v) is 6.51. The van der Waals surface area contributed by atoms with Gasteiger partial charge in [-0.2, -0.15) is 4.98 Å². The van der Waals surface area contributed by atoms with E-state index >= 15 is 0 Å². The Labute approximate surface area is 181 Å².